The Morgan fingerprint density at radius 1 is 1.45 bits per heavy atom. The molecule has 1 aliphatic carbocycles. The predicted molar refractivity (Wildman–Crippen MR) is 87.7 cm³/mol. The molecular formula is C16H27N5O. The fraction of sp³-hybridized carbons (Fsp3) is 0.688. The van der Waals surface area contributed by atoms with E-state index in [9.17, 15) is 4.79 Å². The molecule has 0 radical (unpaired) electrons. The zero-order chi connectivity index (χ0) is 16.1. The van der Waals surface area contributed by atoms with E-state index in [4.69, 9.17) is 5.73 Å². The van der Waals surface area contributed by atoms with Gasteiger partial charge in [0.25, 0.3) is 0 Å². The van der Waals surface area contributed by atoms with Crippen LogP contribution in [-0.2, 0) is 4.79 Å². The van der Waals surface area contributed by atoms with Crippen LogP contribution >= 0.6 is 0 Å². The van der Waals surface area contributed by atoms with Crippen molar-refractivity contribution in [2.24, 2.45) is 5.73 Å². The van der Waals surface area contributed by atoms with Crippen LogP contribution in [0.5, 0.6) is 0 Å². The van der Waals surface area contributed by atoms with Gasteiger partial charge >= 0.3 is 0 Å². The van der Waals surface area contributed by atoms with E-state index in [0.29, 0.717) is 6.04 Å². The van der Waals surface area contributed by atoms with E-state index in [1.807, 2.05) is 20.0 Å². The number of anilines is 1. The first-order chi connectivity index (χ1) is 10.5. The smallest absolute Gasteiger partial charge is 0.234 e. The highest BCUT2D eigenvalue weighted by atomic mass is 16.1. The van der Waals surface area contributed by atoms with Gasteiger partial charge in [-0.05, 0) is 26.7 Å². The summed E-state index contributed by atoms with van der Waals surface area (Å²) in [7, 11) is 2.07. The first kappa shape index (κ1) is 16.7. The number of aromatic nitrogens is 2. The van der Waals surface area contributed by atoms with Gasteiger partial charge in [0, 0.05) is 30.5 Å². The predicted octanol–water partition coefficient (Wildman–Crippen LogP) is 1.69. The van der Waals surface area contributed by atoms with Crippen LogP contribution in [0, 0.1) is 6.92 Å². The van der Waals surface area contributed by atoms with Crippen LogP contribution < -0.4 is 16.0 Å². The Labute approximate surface area is 132 Å². The molecule has 2 rings (SSSR count). The molecule has 1 saturated carbocycles. The van der Waals surface area contributed by atoms with Crippen LogP contribution in [0.25, 0.3) is 0 Å². The molecule has 0 saturated heterocycles. The van der Waals surface area contributed by atoms with Crippen molar-refractivity contribution in [2.45, 2.75) is 58.0 Å². The van der Waals surface area contributed by atoms with Crippen molar-refractivity contribution in [3.63, 3.8) is 0 Å². The third-order valence-electron chi connectivity index (χ3n) is 4.47. The Kier molecular flexibility index (Phi) is 5.71. The molecule has 1 aromatic heterocycles. The zero-order valence-electron chi connectivity index (χ0n) is 13.8. The first-order valence-electron chi connectivity index (χ1n) is 8.08. The van der Waals surface area contributed by atoms with Crippen molar-refractivity contribution in [1.82, 2.24) is 15.3 Å². The SMILES string of the molecule is Cc1nc(N(C)C2CCCCC2)ncc1C(C)NC(=O)CN. The summed E-state index contributed by atoms with van der Waals surface area (Å²) in [5.41, 5.74) is 7.17. The Morgan fingerprint density at radius 2 is 2.14 bits per heavy atom. The Hall–Kier alpha value is -1.69. The molecule has 6 nitrogen and oxygen atoms in total. The maximum absolute atomic E-state index is 11.4. The fourth-order valence-corrected chi connectivity index (χ4v) is 3.07. The van der Waals surface area contributed by atoms with Gasteiger partial charge in [0.15, 0.2) is 0 Å². The molecule has 0 spiro atoms. The van der Waals surface area contributed by atoms with E-state index in [1.54, 1.807) is 0 Å². The van der Waals surface area contributed by atoms with Crippen LogP contribution in [-0.4, -0.2) is 35.5 Å². The van der Waals surface area contributed by atoms with E-state index in [0.717, 1.165) is 17.2 Å². The second kappa shape index (κ2) is 7.54. The maximum atomic E-state index is 11.4. The molecular weight excluding hydrogens is 278 g/mol. The monoisotopic (exact) mass is 305 g/mol. The van der Waals surface area contributed by atoms with Crippen LogP contribution in [0.2, 0.25) is 0 Å². The van der Waals surface area contributed by atoms with Crippen molar-refractivity contribution >= 4 is 11.9 Å². The second-order valence-electron chi connectivity index (χ2n) is 6.11. The normalized spacial score (nSPS) is 17.1. The van der Waals surface area contributed by atoms with E-state index in [2.05, 4.69) is 27.2 Å². The molecule has 0 bridgehead atoms. The topological polar surface area (TPSA) is 84.1 Å². The molecule has 1 atom stereocenters. The van der Waals surface area contributed by atoms with Crippen LogP contribution in [0.1, 0.15) is 56.3 Å². The zero-order valence-corrected chi connectivity index (χ0v) is 13.8. The van der Waals surface area contributed by atoms with E-state index >= 15 is 0 Å². The minimum atomic E-state index is -0.171. The summed E-state index contributed by atoms with van der Waals surface area (Å²) < 4.78 is 0. The lowest BCUT2D eigenvalue weighted by molar-refractivity contribution is -0.120. The van der Waals surface area contributed by atoms with Crippen molar-refractivity contribution in [3.8, 4) is 0 Å². The highest BCUT2D eigenvalue weighted by Gasteiger charge is 2.21. The van der Waals surface area contributed by atoms with E-state index < -0.39 is 0 Å². The van der Waals surface area contributed by atoms with Gasteiger partial charge in [-0.1, -0.05) is 19.3 Å². The largest absolute Gasteiger partial charge is 0.348 e. The number of aryl methyl sites for hydroxylation is 1. The number of amides is 1. The Bertz CT molecular complexity index is 513. The average Bonchev–Trinajstić information content (AvgIpc) is 2.54. The van der Waals surface area contributed by atoms with Gasteiger partial charge < -0.3 is 16.0 Å². The van der Waals surface area contributed by atoms with Crippen LogP contribution in [0.4, 0.5) is 5.95 Å². The third kappa shape index (κ3) is 3.94. The van der Waals surface area contributed by atoms with Crippen LogP contribution in [0.15, 0.2) is 6.20 Å². The van der Waals surface area contributed by atoms with Gasteiger partial charge in [-0.2, -0.15) is 0 Å². The standard InChI is InChI=1S/C16H27N5O/c1-11(19-15(22)9-17)14-10-18-16(20-12(14)2)21(3)13-7-5-4-6-8-13/h10-11,13H,4-9,17H2,1-3H3,(H,19,22). The summed E-state index contributed by atoms with van der Waals surface area (Å²) in [6.45, 7) is 3.87. The highest BCUT2D eigenvalue weighted by molar-refractivity contribution is 5.78. The summed E-state index contributed by atoms with van der Waals surface area (Å²) in [5, 5.41) is 2.84. The molecule has 0 aliphatic heterocycles. The third-order valence-corrected chi connectivity index (χ3v) is 4.47. The summed E-state index contributed by atoms with van der Waals surface area (Å²) in [4.78, 5) is 22.7. The lowest BCUT2D eigenvalue weighted by Gasteiger charge is -2.31. The van der Waals surface area contributed by atoms with Gasteiger partial charge in [0.1, 0.15) is 0 Å². The summed E-state index contributed by atoms with van der Waals surface area (Å²) in [5.74, 6) is 0.598. The van der Waals surface area contributed by atoms with Gasteiger partial charge in [0.2, 0.25) is 11.9 Å². The molecule has 1 heterocycles. The van der Waals surface area contributed by atoms with Gasteiger partial charge in [-0.3, -0.25) is 4.79 Å². The number of nitrogens with two attached hydrogens (primary N) is 1. The fourth-order valence-electron chi connectivity index (χ4n) is 3.07. The Balaban J connectivity index is 2.09. The van der Waals surface area contributed by atoms with Gasteiger partial charge in [0.05, 0.1) is 12.6 Å². The second-order valence-corrected chi connectivity index (χ2v) is 6.11. The minimum Gasteiger partial charge on any atom is -0.348 e. The lowest BCUT2D eigenvalue weighted by atomic mass is 9.95. The van der Waals surface area contributed by atoms with Crippen molar-refractivity contribution in [2.75, 3.05) is 18.5 Å². The quantitative estimate of drug-likeness (QED) is 0.865. The molecule has 1 fully saturated rings. The molecule has 6 heteroatoms. The number of nitrogens with zero attached hydrogens (tertiary/aromatic N) is 3. The molecule has 1 unspecified atom stereocenters. The number of rotatable bonds is 5. The Morgan fingerprint density at radius 3 is 2.73 bits per heavy atom. The number of carbonyl (C=O) groups excluding carboxylic acids is 1. The van der Waals surface area contributed by atoms with Crippen molar-refractivity contribution in [1.29, 1.82) is 0 Å². The molecule has 122 valence electrons. The number of nitrogens with one attached hydrogen (secondary N) is 1. The first-order valence-corrected chi connectivity index (χ1v) is 8.08. The maximum Gasteiger partial charge on any atom is 0.234 e. The summed E-state index contributed by atoms with van der Waals surface area (Å²) in [6.07, 6.45) is 8.15. The summed E-state index contributed by atoms with van der Waals surface area (Å²) in [6, 6.07) is 0.401. The van der Waals surface area contributed by atoms with Crippen molar-refractivity contribution < 1.29 is 4.79 Å². The average molecular weight is 305 g/mol. The molecule has 0 aromatic carbocycles. The molecule has 1 amide bonds. The van der Waals surface area contributed by atoms with Gasteiger partial charge in [-0.25, -0.2) is 9.97 Å². The summed E-state index contributed by atoms with van der Waals surface area (Å²) >= 11 is 0. The number of hydrogen-bond acceptors (Lipinski definition) is 5. The molecule has 1 aliphatic rings. The van der Waals surface area contributed by atoms with E-state index in [1.165, 1.54) is 32.1 Å². The molecule has 1 aromatic rings. The van der Waals surface area contributed by atoms with E-state index in [-0.39, 0.29) is 18.5 Å². The minimum absolute atomic E-state index is 0.00720. The molecule has 22 heavy (non-hydrogen) atoms. The molecule has 3 N–H and O–H groups in total. The highest BCUT2D eigenvalue weighted by Crippen LogP contribution is 2.25. The number of hydrogen-bond donors (Lipinski definition) is 2. The lowest BCUT2D eigenvalue weighted by Crippen LogP contribution is -2.35. The van der Waals surface area contributed by atoms with Gasteiger partial charge in [-0.15, -0.1) is 0 Å². The number of carbonyl (C=O) groups is 1. The van der Waals surface area contributed by atoms with Crippen molar-refractivity contribution in [3.05, 3.63) is 17.5 Å². The van der Waals surface area contributed by atoms with Crippen LogP contribution in [0.3, 0.4) is 0 Å².